The Morgan fingerprint density at radius 2 is 2.15 bits per heavy atom. The molecule has 0 aliphatic carbocycles. The molecule has 4 nitrogen and oxygen atoms in total. The summed E-state index contributed by atoms with van der Waals surface area (Å²) in [5, 5.41) is 0.647. The summed E-state index contributed by atoms with van der Waals surface area (Å²) in [6.07, 6.45) is 1.86. The largest absolute Gasteiger partial charge is 0.484 e. The number of halogens is 2. The van der Waals surface area contributed by atoms with Crippen LogP contribution in [0.1, 0.15) is 24.0 Å². The van der Waals surface area contributed by atoms with Crippen LogP contribution in [0.15, 0.2) is 42.5 Å². The first-order valence-electron chi connectivity index (χ1n) is 9.04. The predicted molar refractivity (Wildman–Crippen MR) is 102 cm³/mol. The van der Waals surface area contributed by atoms with E-state index in [4.69, 9.17) is 21.1 Å². The normalized spacial score (nSPS) is 16.3. The highest BCUT2D eigenvalue weighted by atomic mass is 35.5. The number of ether oxygens (including phenoxy) is 2. The maximum Gasteiger partial charge on any atom is 0.260 e. The van der Waals surface area contributed by atoms with Gasteiger partial charge in [-0.1, -0.05) is 29.8 Å². The molecule has 2 aromatic rings. The summed E-state index contributed by atoms with van der Waals surface area (Å²) >= 11 is 6.01. The number of hydrogen-bond donors (Lipinski definition) is 0. The summed E-state index contributed by atoms with van der Waals surface area (Å²) in [5.74, 6) is 0.0476. The second-order valence-electron chi connectivity index (χ2n) is 6.70. The molecule has 1 amide bonds. The molecule has 27 heavy (non-hydrogen) atoms. The SMILES string of the molecule is Cc1cc(OCC(=O)N(Cc2ccccc2F)CC2CCCO2)ccc1Cl. The third kappa shape index (κ3) is 5.44. The van der Waals surface area contributed by atoms with Crippen molar-refractivity contribution in [1.82, 2.24) is 4.90 Å². The fourth-order valence-electron chi connectivity index (χ4n) is 3.06. The predicted octanol–water partition coefficient (Wildman–Crippen LogP) is 4.37. The number of hydrogen-bond acceptors (Lipinski definition) is 3. The van der Waals surface area contributed by atoms with E-state index in [0.29, 0.717) is 29.5 Å². The lowest BCUT2D eigenvalue weighted by Gasteiger charge is -2.26. The Morgan fingerprint density at radius 3 is 2.85 bits per heavy atom. The maximum absolute atomic E-state index is 14.0. The van der Waals surface area contributed by atoms with Gasteiger partial charge in [0.05, 0.1) is 6.10 Å². The van der Waals surface area contributed by atoms with Crippen molar-refractivity contribution in [3.05, 3.63) is 64.4 Å². The number of amides is 1. The van der Waals surface area contributed by atoms with Gasteiger partial charge in [0.15, 0.2) is 6.61 Å². The number of aryl methyl sites for hydroxylation is 1. The topological polar surface area (TPSA) is 38.8 Å². The monoisotopic (exact) mass is 391 g/mol. The quantitative estimate of drug-likeness (QED) is 0.703. The van der Waals surface area contributed by atoms with Gasteiger partial charge in [0, 0.05) is 30.3 Å². The minimum Gasteiger partial charge on any atom is -0.484 e. The van der Waals surface area contributed by atoms with Crippen LogP contribution in [0.5, 0.6) is 5.75 Å². The van der Waals surface area contributed by atoms with Crippen LogP contribution in [0.4, 0.5) is 4.39 Å². The van der Waals surface area contributed by atoms with Crippen molar-refractivity contribution in [3.63, 3.8) is 0 Å². The molecule has 1 aliphatic heterocycles. The van der Waals surface area contributed by atoms with E-state index in [9.17, 15) is 9.18 Å². The molecular formula is C21H23ClFNO3. The first-order chi connectivity index (χ1) is 13.0. The number of benzene rings is 2. The van der Waals surface area contributed by atoms with Crippen LogP contribution in [0.25, 0.3) is 0 Å². The van der Waals surface area contributed by atoms with Gasteiger partial charge in [0.1, 0.15) is 11.6 Å². The first kappa shape index (κ1) is 19.6. The minimum atomic E-state index is -0.322. The lowest BCUT2D eigenvalue weighted by Crippen LogP contribution is -2.39. The Balaban J connectivity index is 1.67. The van der Waals surface area contributed by atoms with Crippen LogP contribution in [0.3, 0.4) is 0 Å². The molecule has 0 radical (unpaired) electrons. The molecule has 1 unspecified atom stereocenters. The number of nitrogens with zero attached hydrogens (tertiary/aromatic N) is 1. The van der Waals surface area contributed by atoms with Crippen molar-refractivity contribution >= 4 is 17.5 Å². The molecule has 144 valence electrons. The van der Waals surface area contributed by atoms with Gasteiger partial charge >= 0.3 is 0 Å². The molecule has 0 saturated carbocycles. The fraction of sp³-hybridized carbons (Fsp3) is 0.381. The second-order valence-corrected chi connectivity index (χ2v) is 7.11. The summed E-state index contributed by atoms with van der Waals surface area (Å²) in [5.41, 5.74) is 1.36. The molecule has 1 aliphatic rings. The zero-order chi connectivity index (χ0) is 19.2. The van der Waals surface area contributed by atoms with Gasteiger partial charge in [-0.15, -0.1) is 0 Å². The third-order valence-electron chi connectivity index (χ3n) is 4.61. The maximum atomic E-state index is 14.0. The molecule has 1 fully saturated rings. The van der Waals surface area contributed by atoms with Gasteiger partial charge in [-0.3, -0.25) is 4.79 Å². The third-order valence-corrected chi connectivity index (χ3v) is 5.04. The van der Waals surface area contributed by atoms with Crippen LogP contribution in [0, 0.1) is 12.7 Å². The molecule has 2 aromatic carbocycles. The van der Waals surface area contributed by atoms with Crippen LogP contribution in [-0.4, -0.2) is 36.7 Å². The molecule has 0 N–H and O–H groups in total. The molecule has 0 aromatic heterocycles. The standard InChI is InChI=1S/C21H23ClFNO3/c1-15-11-17(8-9-19(15)22)27-14-21(25)24(13-18-6-4-10-26-18)12-16-5-2-3-7-20(16)23/h2-3,5,7-9,11,18H,4,6,10,12-14H2,1H3. The smallest absolute Gasteiger partial charge is 0.260 e. The Hall–Kier alpha value is -2.11. The van der Waals surface area contributed by atoms with Gasteiger partial charge in [-0.2, -0.15) is 0 Å². The van der Waals surface area contributed by atoms with Crippen molar-refractivity contribution in [2.75, 3.05) is 19.8 Å². The van der Waals surface area contributed by atoms with Gasteiger partial charge in [0.25, 0.3) is 5.91 Å². The molecule has 1 atom stereocenters. The van der Waals surface area contributed by atoms with Crippen LogP contribution < -0.4 is 4.74 Å². The summed E-state index contributed by atoms with van der Waals surface area (Å²) in [6, 6.07) is 11.7. The van der Waals surface area contributed by atoms with Gasteiger partial charge in [-0.05, 0) is 49.6 Å². The number of carbonyl (C=O) groups excluding carboxylic acids is 1. The highest BCUT2D eigenvalue weighted by Crippen LogP contribution is 2.21. The van der Waals surface area contributed by atoms with Gasteiger partial charge in [-0.25, -0.2) is 4.39 Å². The molecule has 1 saturated heterocycles. The fourth-order valence-corrected chi connectivity index (χ4v) is 3.18. The van der Waals surface area contributed by atoms with E-state index in [1.165, 1.54) is 6.07 Å². The lowest BCUT2D eigenvalue weighted by molar-refractivity contribution is -0.135. The van der Waals surface area contributed by atoms with Crippen molar-refractivity contribution in [3.8, 4) is 5.75 Å². The van der Waals surface area contributed by atoms with E-state index >= 15 is 0 Å². The van der Waals surface area contributed by atoms with E-state index in [0.717, 1.165) is 18.4 Å². The zero-order valence-corrected chi connectivity index (χ0v) is 16.0. The van der Waals surface area contributed by atoms with E-state index in [-0.39, 0.29) is 31.0 Å². The molecule has 6 heteroatoms. The van der Waals surface area contributed by atoms with E-state index in [1.807, 2.05) is 6.92 Å². The van der Waals surface area contributed by atoms with Gasteiger partial charge in [0.2, 0.25) is 0 Å². The molecule has 3 rings (SSSR count). The summed E-state index contributed by atoms with van der Waals surface area (Å²) in [4.78, 5) is 14.4. The van der Waals surface area contributed by atoms with E-state index in [2.05, 4.69) is 0 Å². The van der Waals surface area contributed by atoms with Crippen molar-refractivity contribution < 1.29 is 18.7 Å². The summed E-state index contributed by atoms with van der Waals surface area (Å²) in [7, 11) is 0. The molecule has 0 spiro atoms. The van der Waals surface area contributed by atoms with Crippen molar-refractivity contribution in [1.29, 1.82) is 0 Å². The molecular weight excluding hydrogens is 369 g/mol. The Morgan fingerprint density at radius 1 is 1.33 bits per heavy atom. The highest BCUT2D eigenvalue weighted by molar-refractivity contribution is 6.31. The Bertz CT molecular complexity index is 793. The van der Waals surface area contributed by atoms with Crippen molar-refractivity contribution in [2.45, 2.75) is 32.4 Å². The molecule has 1 heterocycles. The Kier molecular flexibility index (Phi) is 6.69. The van der Waals surface area contributed by atoms with E-state index < -0.39 is 0 Å². The van der Waals surface area contributed by atoms with Crippen LogP contribution in [0.2, 0.25) is 5.02 Å². The van der Waals surface area contributed by atoms with E-state index in [1.54, 1.807) is 41.3 Å². The minimum absolute atomic E-state index is 0.0153. The van der Waals surface area contributed by atoms with Crippen LogP contribution >= 0.6 is 11.6 Å². The first-order valence-corrected chi connectivity index (χ1v) is 9.42. The average Bonchev–Trinajstić information content (AvgIpc) is 3.17. The lowest BCUT2D eigenvalue weighted by atomic mass is 10.1. The Labute approximate surface area is 163 Å². The van der Waals surface area contributed by atoms with Gasteiger partial charge < -0.3 is 14.4 Å². The number of rotatable bonds is 7. The van der Waals surface area contributed by atoms with Crippen LogP contribution in [-0.2, 0) is 16.1 Å². The summed E-state index contributed by atoms with van der Waals surface area (Å²) in [6.45, 7) is 3.07. The highest BCUT2D eigenvalue weighted by Gasteiger charge is 2.24. The zero-order valence-electron chi connectivity index (χ0n) is 15.3. The molecule has 0 bridgehead atoms. The number of carbonyl (C=O) groups is 1. The average molecular weight is 392 g/mol. The second kappa shape index (κ2) is 9.20. The summed E-state index contributed by atoms with van der Waals surface area (Å²) < 4.78 is 25.3. The van der Waals surface area contributed by atoms with Crippen molar-refractivity contribution in [2.24, 2.45) is 0 Å².